The number of rotatable bonds is 4. The summed E-state index contributed by atoms with van der Waals surface area (Å²) in [7, 11) is 0. The van der Waals surface area contributed by atoms with Crippen molar-refractivity contribution in [2.24, 2.45) is 0 Å². The summed E-state index contributed by atoms with van der Waals surface area (Å²) in [5.41, 5.74) is 0.491. The second-order valence-electron chi connectivity index (χ2n) is 5.76. The van der Waals surface area contributed by atoms with Crippen LogP contribution in [0.4, 0.5) is 13.9 Å². The van der Waals surface area contributed by atoms with Crippen LogP contribution >= 0.6 is 22.9 Å². The molecule has 1 amide bonds. The molecule has 0 radical (unpaired) electrons. The van der Waals surface area contributed by atoms with Crippen LogP contribution in [0.3, 0.4) is 0 Å². The Kier molecular flexibility index (Phi) is 4.93. The van der Waals surface area contributed by atoms with Gasteiger partial charge in [-0.3, -0.25) is 10.1 Å². The predicted octanol–water partition coefficient (Wildman–Crippen LogP) is 6.27. The van der Waals surface area contributed by atoms with E-state index in [4.69, 9.17) is 16.3 Å². The molecule has 1 heterocycles. The zero-order chi connectivity index (χ0) is 19.7. The van der Waals surface area contributed by atoms with E-state index in [9.17, 15) is 13.6 Å². The van der Waals surface area contributed by atoms with Crippen molar-refractivity contribution in [3.63, 3.8) is 0 Å². The van der Waals surface area contributed by atoms with E-state index in [2.05, 4.69) is 10.3 Å². The van der Waals surface area contributed by atoms with E-state index in [1.54, 1.807) is 18.2 Å². The summed E-state index contributed by atoms with van der Waals surface area (Å²) in [6.45, 7) is 0. The fourth-order valence-corrected chi connectivity index (χ4v) is 3.63. The van der Waals surface area contributed by atoms with Crippen molar-refractivity contribution < 1.29 is 18.3 Å². The number of aromatic nitrogens is 1. The molecule has 8 heteroatoms. The van der Waals surface area contributed by atoms with Crippen LogP contribution in [0, 0.1) is 11.6 Å². The summed E-state index contributed by atoms with van der Waals surface area (Å²) < 4.78 is 33.2. The molecule has 3 aromatic carbocycles. The number of ether oxygens (including phenoxy) is 1. The van der Waals surface area contributed by atoms with Crippen LogP contribution in [0.15, 0.2) is 60.7 Å². The van der Waals surface area contributed by atoms with Gasteiger partial charge in [0.1, 0.15) is 11.5 Å². The standard InChI is InChI=1S/C20H11ClF2N2O2S/c21-14-10-16(23)15(22)9-13(14)19(26)25-20-24-17-7-6-12(8-18(17)28-20)27-11-4-2-1-3-5-11/h1-10H,(H,24,25,26). The monoisotopic (exact) mass is 416 g/mol. The lowest BCUT2D eigenvalue weighted by Crippen LogP contribution is -2.13. The van der Waals surface area contributed by atoms with Gasteiger partial charge >= 0.3 is 0 Å². The van der Waals surface area contributed by atoms with Gasteiger partial charge in [0, 0.05) is 6.07 Å². The molecule has 0 saturated carbocycles. The van der Waals surface area contributed by atoms with Gasteiger partial charge < -0.3 is 4.74 Å². The lowest BCUT2D eigenvalue weighted by molar-refractivity contribution is 0.102. The summed E-state index contributed by atoms with van der Waals surface area (Å²) in [5.74, 6) is -1.62. The number of halogens is 3. The first-order valence-electron chi connectivity index (χ1n) is 8.09. The Labute approximate surface area is 167 Å². The number of carbonyl (C=O) groups excluding carboxylic acids is 1. The van der Waals surface area contributed by atoms with Crippen LogP contribution in [-0.2, 0) is 0 Å². The molecular formula is C20H11ClF2N2O2S. The minimum absolute atomic E-state index is 0.173. The van der Waals surface area contributed by atoms with Crippen molar-refractivity contribution in [3.05, 3.63) is 82.9 Å². The fraction of sp³-hybridized carbons (Fsp3) is 0. The Hall–Kier alpha value is -3.03. The van der Waals surface area contributed by atoms with Gasteiger partial charge in [0.05, 0.1) is 20.8 Å². The number of amides is 1. The zero-order valence-corrected chi connectivity index (χ0v) is 15.7. The van der Waals surface area contributed by atoms with E-state index in [1.807, 2.05) is 30.3 Å². The largest absolute Gasteiger partial charge is 0.457 e. The minimum atomic E-state index is -1.15. The molecule has 140 valence electrons. The molecule has 4 rings (SSSR count). The molecule has 0 atom stereocenters. The van der Waals surface area contributed by atoms with Gasteiger partial charge in [-0.05, 0) is 36.4 Å². The molecule has 1 aromatic heterocycles. The third-order valence-electron chi connectivity index (χ3n) is 3.81. The lowest BCUT2D eigenvalue weighted by Gasteiger charge is -2.04. The van der Waals surface area contributed by atoms with Gasteiger partial charge in [0.25, 0.3) is 5.91 Å². The smallest absolute Gasteiger partial charge is 0.259 e. The topological polar surface area (TPSA) is 51.2 Å². The summed E-state index contributed by atoms with van der Waals surface area (Å²) in [6, 6.07) is 16.2. The summed E-state index contributed by atoms with van der Waals surface area (Å²) in [4.78, 5) is 16.7. The molecule has 0 aliphatic heterocycles. The normalized spacial score (nSPS) is 10.8. The maximum Gasteiger partial charge on any atom is 0.259 e. The Balaban J connectivity index is 1.56. The highest BCUT2D eigenvalue weighted by molar-refractivity contribution is 7.22. The van der Waals surface area contributed by atoms with Crippen LogP contribution in [0.5, 0.6) is 11.5 Å². The molecule has 4 nitrogen and oxygen atoms in total. The minimum Gasteiger partial charge on any atom is -0.457 e. The molecule has 0 spiro atoms. The number of para-hydroxylation sites is 1. The highest BCUT2D eigenvalue weighted by Crippen LogP contribution is 2.32. The van der Waals surface area contributed by atoms with Gasteiger partial charge in [0.15, 0.2) is 16.8 Å². The van der Waals surface area contributed by atoms with Crippen molar-refractivity contribution in [2.75, 3.05) is 5.32 Å². The molecule has 0 fully saturated rings. The number of fused-ring (bicyclic) bond motifs is 1. The van der Waals surface area contributed by atoms with Crippen LogP contribution in [0.25, 0.3) is 10.2 Å². The Morgan fingerprint density at radius 2 is 1.75 bits per heavy atom. The van der Waals surface area contributed by atoms with Crippen molar-refractivity contribution in [1.82, 2.24) is 4.98 Å². The first-order chi connectivity index (χ1) is 13.5. The van der Waals surface area contributed by atoms with Crippen LogP contribution in [-0.4, -0.2) is 10.9 Å². The van der Waals surface area contributed by atoms with Crippen LogP contribution in [0.2, 0.25) is 5.02 Å². The number of hydrogen-bond donors (Lipinski definition) is 1. The van der Waals surface area contributed by atoms with Gasteiger partial charge in [-0.1, -0.05) is 41.1 Å². The quantitative estimate of drug-likeness (QED) is 0.399. The van der Waals surface area contributed by atoms with Crippen LogP contribution < -0.4 is 10.1 Å². The molecule has 0 saturated heterocycles. The van der Waals surface area contributed by atoms with Crippen molar-refractivity contribution in [2.45, 2.75) is 0 Å². The van der Waals surface area contributed by atoms with Crippen molar-refractivity contribution >= 4 is 44.2 Å². The summed E-state index contributed by atoms with van der Waals surface area (Å²) in [6.07, 6.45) is 0. The first-order valence-corrected chi connectivity index (χ1v) is 9.28. The lowest BCUT2D eigenvalue weighted by atomic mass is 10.2. The first kappa shape index (κ1) is 18.3. The average Bonchev–Trinajstić information content (AvgIpc) is 3.07. The van der Waals surface area contributed by atoms with Crippen molar-refractivity contribution in [1.29, 1.82) is 0 Å². The molecule has 0 aliphatic rings. The fourth-order valence-electron chi connectivity index (χ4n) is 2.51. The molecule has 28 heavy (non-hydrogen) atoms. The van der Waals surface area contributed by atoms with Gasteiger partial charge in [-0.15, -0.1) is 0 Å². The average molecular weight is 417 g/mol. The van der Waals surface area contributed by atoms with Gasteiger partial charge in [0.2, 0.25) is 0 Å². The predicted molar refractivity (Wildman–Crippen MR) is 105 cm³/mol. The molecular weight excluding hydrogens is 406 g/mol. The maximum atomic E-state index is 13.4. The molecule has 1 N–H and O–H groups in total. The van der Waals surface area contributed by atoms with E-state index in [0.717, 1.165) is 16.8 Å². The van der Waals surface area contributed by atoms with Gasteiger partial charge in [-0.2, -0.15) is 0 Å². The number of hydrogen-bond acceptors (Lipinski definition) is 4. The second kappa shape index (κ2) is 7.53. The SMILES string of the molecule is O=C(Nc1nc2ccc(Oc3ccccc3)cc2s1)c1cc(F)c(F)cc1Cl. The van der Waals surface area contributed by atoms with E-state index >= 15 is 0 Å². The molecule has 4 aromatic rings. The molecule has 0 bridgehead atoms. The number of nitrogens with one attached hydrogen (secondary N) is 1. The number of nitrogens with zero attached hydrogens (tertiary/aromatic N) is 1. The van der Waals surface area contributed by atoms with E-state index in [-0.39, 0.29) is 10.6 Å². The van der Waals surface area contributed by atoms with Crippen molar-refractivity contribution in [3.8, 4) is 11.5 Å². The van der Waals surface area contributed by atoms with Crippen LogP contribution in [0.1, 0.15) is 10.4 Å². The molecule has 0 aliphatic carbocycles. The van der Waals surface area contributed by atoms with E-state index < -0.39 is 17.5 Å². The Bertz CT molecular complexity index is 1180. The highest BCUT2D eigenvalue weighted by Gasteiger charge is 2.17. The second-order valence-corrected chi connectivity index (χ2v) is 7.20. The number of thiazole rings is 1. The Morgan fingerprint density at radius 1 is 1.00 bits per heavy atom. The summed E-state index contributed by atoms with van der Waals surface area (Å²) >= 11 is 7.06. The molecule has 0 unspecified atom stereocenters. The highest BCUT2D eigenvalue weighted by atomic mass is 35.5. The van der Waals surface area contributed by atoms with E-state index in [1.165, 1.54) is 11.3 Å². The summed E-state index contributed by atoms with van der Waals surface area (Å²) in [5, 5.41) is 2.68. The zero-order valence-electron chi connectivity index (χ0n) is 14.1. The number of benzene rings is 3. The Morgan fingerprint density at radius 3 is 2.54 bits per heavy atom. The number of anilines is 1. The maximum absolute atomic E-state index is 13.4. The number of carbonyl (C=O) groups is 1. The van der Waals surface area contributed by atoms with E-state index in [0.29, 0.717) is 22.1 Å². The third kappa shape index (κ3) is 3.81. The third-order valence-corrected chi connectivity index (χ3v) is 5.06. The van der Waals surface area contributed by atoms with Gasteiger partial charge in [-0.25, -0.2) is 13.8 Å².